The van der Waals surface area contributed by atoms with Gasteiger partial charge in [-0.1, -0.05) is 62.9 Å². The number of carbonyl (C=O) groups is 3. The van der Waals surface area contributed by atoms with Crippen LogP contribution in [0, 0.1) is 30.6 Å². The van der Waals surface area contributed by atoms with Crippen LogP contribution < -0.4 is 10.6 Å². The maximum atomic E-state index is 14.3. The number of amides is 3. The first-order valence-electron chi connectivity index (χ1n) is 16.0. The van der Waals surface area contributed by atoms with Gasteiger partial charge < -0.3 is 25.2 Å². The largest absolute Gasteiger partial charge is 0.359 e. The molecule has 2 bridgehead atoms. The van der Waals surface area contributed by atoms with E-state index in [1.54, 1.807) is 11.0 Å². The predicted molar refractivity (Wildman–Crippen MR) is 163 cm³/mol. The fourth-order valence-electron chi connectivity index (χ4n) is 8.10. The van der Waals surface area contributed by atoms with Gasteiger partial charge in [0.25, 0.3) is 0 Å². The van der Waals surface area contributed by atoms with Gasteiger partial charge in [0, 0.05) is 23.3 Å². The van der Waals surface area contributed by atoms with Gasteiger partial charge >= 0.3 is 0 Å². The lowest BCUT2D eigenvalue weighted by molar-refractivity contribution is -0.141. The number of ether oxygens (including phenoxy) is 1. The van der Waals surface area contributed by atoms with E-state index in [-0.39, 0.29) is 23.8 Å². The Morgan fingerprint density at radius 3 is 2.62 bits per heavy atom. The van der Waals surface area contributed by atoms with E-state index in [0.29, 0.717) is 29.1 Å². The molecule has 1 spiro atoms. The highest BCUT2D eigenvalue weighted by Crippen LogP contribution is 2.55. The third-order valence-corrected chi connectivity index (χ3v) is 11.1. The monoisotopic (exact) mass is 596 g/mol. The van der Waals surface area contributed by atoms with E-state index in [2.05, 4.69) is 29.4 Å². The Bertz CT molecular complexity index is 1250. The number of hydrogen-bond acceptors (Lipinski definition) is 5. The maximum Gasteiger partial charge on any atom is 0.246 e. The van der Waals surface area contributed by atoms with Gasteiger partial charge in [0.15, 0.2) is 0 Å². The van der Waals surface area contributed by atoms with Crippen LogP contribution in [0.2, 0.25) is 5.02 Å². The number of likely N-dealkylation sites (tertiary alicyclic amines) is 2. The molecule has 8 nitrogen and oxygen atoms in total. The Balaban J connectivity index is 1.25. The molecule has 0 radical (unpaired) electrons. The molecule has 3 amide bonds. The summed E-state index contributed by atoms with van der Waals surface area (Å²) in [4.78, 5) is 46.4. The van der Waals surface area contributed by atoms with Crippen LogP contribution in [0.4, 0.5) is 5.69 Å². The molecule has 42 heavy (non-hydrogen) atoms. The molecule has 1 saturated carbocycles. The average molecular weight is 597 g/mol. The van der Waals surface area contributed by atoms with Gasteiger partial charge in [0.2, 0.25) is 17.7 Å². The van der Waals surface area contributed by atoms with Crippen molar-refractivity contribution in [2.45, 2.75) is 89.5 Å². The van der Waals surface area contributed by atoms with Crippen LogP contribution in [0.25, 0.3) is 0 Å². The van der Waals surface area contributed by atoms with Crippen LogP contribution >= 0.6 is 11.6 Å². The van der Waals surface area contributed by atoms with Crippen LogP contribution in [-0.4, -0.2) is 77.5 Å². The van der Waals surface area contributed by atoms with Gasteiger partial charge in [-0.2, -0.15) is 0 Å². The van der Waals surface area contributed by atoms with Gasteiger partial charge in [-0.3, -0.25) is 14.4 Å². The van der Waals surface area contributed by atoms with Crippen molar-refractivity contribution in [1.82, 2.24) is 15.1 Å². The van der Waals surface area contributed by atoms with Gasteiger partial charge in [0.1, 0.15) is 11.6 Å². The summed E-state index contributed by atoms with van der Waals surface area (Å²) in [6.45, 7) is 9.89. The number of carbonyl (C=O) groups excluding carboxylic acids is 3. The first-order valence-corrected chi connectivity index (χ1v) is 16.3. The summed E-state index contributed by atoms with van der Waals surface area (Å²) in [7, 11) is 0. The van der Waals surface area contributed by atoms with E-state index < -0.39 is 29.6 Å². The Kier molecular flexibility index (Phi) is 8.42. The van der Waals surface area contributed by atoms with Crippen molar-refractivity contribution in [2.75, 3.05) is 31.5 Å². The second-order valence-corrected chi connectivity index (χ2v) is 13.7. The molecule has 9 heteroatoms. The lowest BCUT2D eigenvalue weighted by Gasteiger charge is -2.38. The Morgan fingerprint density at radius 2 is 1.86 bits per heavy atom. The number of piperidine rings is 1. The zero-order chi connectivity index (χ0) is 29.6. The van der Waals surface area contributed by atoms with Crippen LogP contribution in [0.15, 0.2) is 30.4 Å². The highest BCUT2D eigenvalue weighted by Gasteiger charge is 2.72. The molecule has 1 aliphatic carbocycles. The molecular formula is C33H45ClN4O4. The second kappa shape index (κ2) is 11.9. The molecule has 8 atom stereocenters. The van der Waals surface area contributed by atoms with Crippen molar-refractivity contribution in [3.05, 3.63) is 40.9 Å². The van der Waals surface area contributed by atoms with E-state index in [0.717, 1.165) is 44.5 Å². The summed E-state index contributed by atoms with van der Waals surface area (Å²) in [6.07, 6.45) is 10.9. The smallest absolute Gasteiger partial charge is 0.246 e. The van der Waals surface area contributed by atoms with Crippen molar-refractivity contribution in [2.24, 2.45) is 23.7 Å². The van der Waals surface area contributed by atoms with Crippen LogP contribution in [-0.2, 0) is 19.1 Å². The first-order chi connectivity index (χ1) is 20.2. The number of nitrogens with zero attached hydrogens (tertiary/aromatic N) is 2. The third kappa shape index (κ3) is 5.28. The second-order valence-electron chi connectivity index (χ2n) is 13.3. The molecule has 4 heterocycles. The van der Waals surface area contributed by atoms with Crippen LogP contribution in [0.3, 0.4) is 0 Å². The number of rotatable bonds is 8. The number of benzene rings is 1. The Hall–Kier alpha value is -2.42. The molecule has 1 aromatic rings. The zero-order valence-corrected chi connectivity index (χ0v) is 25.9. The number of anilines is 1. The van der Waals surface area contributed by atoms with E-state index in [4.69, 9.17) is 16.3 Å². The maximum absolute atomic E-state index is 14.3. The molecule has 4 aliphatic heterocycles. The van der Waals surface area contributed by atoms with Gasteiger partial charge in [0.05, 0.1) is 17.9 Å². The third-order valence-electron chi connectivity index (χ3n) is 10.7. The van der Waals surface area contributed by atoms with Crippen molar-refractivity contribution >= 4 is 35.0 Å². The molecule has 0 aromatic heterocycles. The summed E-state index contributed by atoms with van der Waals surface area (Å²) in [5, 5.41) is 6.88. The highest BCUT2D eigenvalue weighted by atomic mass is 35.5. The minimum absolute atomic E-state index is 0.0648. The molecule has 0 unspecified atom stereocenters. The van der Waals surface area contributed by atoms with Crippen molar-refractivity contribution in [3.63, 3.8) is 0 Å². The molecule has 4 fully saturated rings. The average Bonchev–Trinajstić information content (AvgIpc) is 3.61. The van der Waals surface area contributed by atoms with Crippen LogP contribution in [0.1, 0.15) is 64.4 Å². The van der Waals surface area contributed by atoms with E-state index >= 15 is 0 Å². The van der Waals surface area contributed by atoms with Gasteiger partial charge in [-0.25, -0.2) is 0 Å². The molecule has 5 aliphatic rings. The lowest BCUT2D eigenvalue weighted by atomic mass is 9.73. The number of aryl methyl sites for hydroxylation is 1. The van der Waals surface area contributed by atoms with E-state index in [9.17, 15) is 14.4 Å². The van der Waals surface area contributed by atoms with Crippen molar-refractivity contribution < 1.29 is 19.1 Å². The fourth-order valence-corrected chi connectivity index (χ4v) is 8.28. The highest BCUT2D eigenvalue weighted by molar-refractivity contribution is 6.31. The lowest BCUT2D eigenvalue weighted by Crippen LogP contribution is -2.58. The van der Waals surface area contributed by atoms with E-state index in [1.165, 1.54) is 25.7 Å². The number of fused-ring (bicyclic) bond motifs is 1. The summed E-state index contributed by atoms with van der Waals surface area (Å²) in [6, 6.07) is 4.66. The molecule has 1 aromatic carbocycles. The summed E-state index contributed by atoms with van der Waals surface area (Å²) in [5.41, 5.74) is 0.351. The van der Waals surface area contributed by atoms with Gasteiger partial charge in [-0.15, -0.1) is 0 Å². The first kappa shape index (κ1) is 29.6. The molecule has 3 saturated heterocycles. The molecule has 2 N–H and O–H groups in total. The quantitative estimate of drug-likeness (QED) is 0.430. The summed E-state index contributed by atoms with van der Waals surface area (Å²) >= 11 is 6.31. The molecule has 6 rings (SSSR count). The minimum atomic E-state index is -1.15. The number of hydrogen-bond donors (Lipinski definition) is 2. The predicted octanol–water partition coefficient (Wildman–Crippen LogP) is 4.55. The fraction of sp³-hybridized carbons (Fsp3) is 0.667. The number of nitrogens with one attached hydrogen (secondary N) is 2. The summed E-state index contributed by atoms with van der Waals surface area (Å²) < 4.78 is 6.53. The van der Waals surface area contributed by atoms with Crippen molar-refractivity contribution in [1.29, 1.82) is 0 Å². The number of halogens is 1. The SMILES string of the molecule is Cc1ccc(NC(=O)[C@@H]2[C@@H]3C=C[C@]4(O3)[C@@H]2C(=O)N(CCCN2CCCCC2)[C@H]4C(=O)N[C@@H]2CCC[C@H](C)[C@@H]2C)cc1Cl. The van der Waals surface area contributed by atoms with Crippen molar-refractivity contribution in [3.8, 4) is 0 Å². The molecular weight excluding hydrogens is 552 g/mol. The van der Waals surface area contributed by atoms with Gasteiger partial charge in [-0.05, 0) is 81.8 Å². The normalized spacial score (nSPS) is 35.9. The molecule has 228 valence electrons. The Morgan fingerprint density at radius 1 is 1.07 bits per heavy atom. The minimum Gasteiger partial charge on any atom is -0.359 e. The zero-order valence-electron chi connectivity index (χ0n) is 25.1. The van der Waals surface area contributed by atoms with Crippen LogP contribution in [0.5, 0.6) is 0 Å². The topological polar surface area (TPSA) is 91.0 Å². The Labute approximate surface area is 254 Å². The summed E-state index contributed by atoms with van der Waals surface area (Å²) in [5.74, 6) is -1.19. The van der Waals surface area contributed by atoms with E-state index in [1.807, 2.05) is 31.2 Å². The standard InChI is InChI=1S/C33H45ClN4O4/c1-20-9-7-10-25(22(20)3)36-31(40)29-33-14-13-26(42-33)27(30(39)35-23-12-11-21(2)24(34)19-23)28(33)32(41)38(29)18-8-17-37-15-5-4-6-16-37/h11-14,19-20,22,25-29H,4-10,15-18H2,1-3H3,(H,35,39)(H,36,40)/t20-,22-,25+,26-,27+,28-,29-,33-/m0/s1.